The third-order valence-electron chi connectivity index (χ3n) is 3.30. The van der Waals surface area contributed by atoms with Crippen molar-refractivity contribution in [3.8, 4) is 0 Å². The number of aliphatic hydroxyl groups is 1. The summed E-state index contributed by atoms with van der Waals surface area (Å²) < 4.78 is 0. The number of hydrogen-bond donors (Lipinski definition) is 3. The zero-order valence-electron chi connectivity index (χ0n) is 10.2. The summed E-state index contributed by atoms with van der Waals surface area (Å²) in [4.78, 5) is 23.6. The van der Waals surface area contributed by atoms with Gasteiger partial charge in [0.25, 0.3) is 0 Å². The lowest BCUT2D eigenvalue weighted by Crippen LogP contribution is -2.52. The average Bonchev–Trinajstić information content (AvgIpc) is 2.30. The summed E-state index contributed by atoms with van der Waals surface area (Å²) >= 11 is 0. The maximum absolute atomic E-state index is 11.7. The molecule has 0 radical (unpaired) electrons. The summed E-state index contributed by atoms with van der Waals surface area (Å²) in [5, 5.41) is 21.2. The summed E-state index contributed by atoms with van der Waals surface area (Å²) in [5.74, 6) is -1.05. The summed E-state index contributed by atoms with van der Waals surface area (Å²) in [7, 11) is 1.43. The predicted octanol–water partition coefficient (Wildman–Crippen LogP) is 0.404. The number of urea groups is 1. The number of nitrogens with zero attached hydrogens (tertiary/aromatic N) is 1. The Kier molecular flexibility index (Phi) is 4.74. The van der Waals surface area contributed by atoms with Crippen LogP contribution in [0.1, 0.15) is 32.6 Å². The molecule has 1 saturated carbocycles. The molecular formula is C11H20N2O4. The van der Waals surface area contributed by atoms with Crippen LogP contribution < -0.4 is 5.32 Å². The highest BCUT2D eigenvalue weighted by molar-refractivity contribution is 5.82. The van der Waals surface area contributed by atoms with Gasteiger partial charge < -0.3 is 20.4 Å². The number of rotatable bonds is 3. The fourth-order valence-corrected chi connectivity index (χ4v) is 1.88. The summed E-state index contributed by atoms with van der Waals surface area (Å²) in [6.07, 6.45) is 2.83. The fourth-order valence-electron chi connectivity index (χ4n) is 1.88. The number of hydrogen-bond acceptors (Lipinski definition) is 3. The first-order valence-electron chi connectivity index (χ1n) is 5.87. The monoisotopic (exact) mass is 244 g/mol. The van der Waals surface area contributed by atoms with E-state index in [0.717, 1.165) is 24.2 Å². The number of likely N-dealkylation sites (N-methyl/N-ethyl adjacent to an activating group) is 1. The number of amides is 2. The van der Waals surface area contributed by atoms with Crippen LogP contribution in [0.4, 0.5) is 4.79 Å². The van der Waals surface area contributed by atoms with Crippen LogP contribution in [-0.2, 0) is 4.79 Å². The zero-order chi connectivity index (χ0) is 13.0. The topological polar surface area (TPSA) is 89.9 Å². The number of carbonyl (C=O) groups excluding carboxylic acids is 1. The van der Waals surface area contributed by atoms with E-state index in [1.54, 1.807) is 0 Å². The SMILES string of the molecule is CC(C(=O)O)N(C)C(=O)NC1CCCCC1O. The molecule has 6 nitrogen and oxygen atoms in total. The molecule has 0 aromatic rings. The molecule has 3 N–H and O–H groups in total. The second-order valence-corrected chi connectivity index (χ2v) is 4.53. The van der Waals surface area contributed by atoms with E-state index in [4.69, 9.17) is 5.11 Å². The Morgan fingerprint density at radius 2 is 1.94 bits per heavy atom. The molecule has 0 spiro atoms. The molecule has 1 aliphatic rings. The third kappa shape index (κ3) is 3.59. The fraction of sp³-hybridized carbons (Fsp3) is 0.818. The molecule has 1 aliphatic carbocycles. The van der Waals surface area contributed by atoms with Crippen LogP contribution in [0.2, 0.25) is 0 Å². The van der Waals surface area contributed by atoms with E-state index in [9.17, 15) is 14.7 Å². The Hall–Kier alpha value is -1.30. The predicted molar refractivity (Wildman–Crippen MR) is 61.7 cm³/mol. The molecule has 0 aromatic heterocycles. The standard InChI is InChI=1S/C11H20N2O4/c1-7(10(15)16)13(2)11(17)12-8-5-3-4-6-9(8)14/h7-9,14H,3-6H2,1-2H3,(H,12,17)(H,15,16). The molecular weight excluding hydrogens is 224 g/mol. The van der Waals surface area contributed by atoms with Crippen molar-refractivity contribution in [3.05, 3.63) is 0 Å². The molecule has 1 fully saturated rings. The van der Waals surface area contributed by atoms with Crippen LogP contribution in [0.15, 0.2) is 0 Å². The first-order valence-corrected chi connectivity index (χ1v) is 5.87. The largest absolute Gasteiger partial charge is 0.480 e. The minimum atomic E-state index is -1.05. The van der Waals surface area contributed by atoms with Crippen molar-refractivity contribution in [2.75, 3.05) is 7.05 Å². The van der Waals surface area contributed by atoms with E-state index in [0.29, 0.717) is 6.42 Å². The highest BCUT2D eigenvalue weighted by atomic mass is 16.4. The Labute approximate surface area is 101 Å². The van der Waals surface area contributed by atoms with Gasteiger partial charge in [-0.3, -0.25) is 0 Å². The number of aliphatic carboxylic acids is 1. The molecule has 3 atom stereocenters. The quantitative estimate of drug-likeness (QED) is 0.670. The first kappa shape index (κ1) is 13.8. The Balaban J connectivity index is 2.50. The van der Waals surface area contributed by atoms with Crippen LogP contribution in [0.3, 0.4) is 0 Å². The number of carbonyl (C=O) groups is 2. The van der Waals surface area contributed by atoms with Crippen molar-refractivity contribution in [2.45, 2.75) is 50.8 Å². The molecule has 1 rings (SSSR count). The number of carboxylic acids is 1. The minimum Gasteiger partial charge on any atom is -0.480 e. The maximum Gasteiger partial charge on any atom is 0.326 e. The van der Waals surface area contributed by atoms with E-state index < -0.39 is 24.1 Å². The van der Waals surface area contributed by atoms with Crippen molar-refractivity contribution in [2.24, 2.45) is 0 Å². The highest BCUT2D eigenvalue weighted by Gasteiger charge is 2.28. The average molecular weight is 244 g/mol. The zero-order valence-corrected chi connectivity index (χ0v) is 10.2. The van der Waals surface area contributed by atoms with Gasteiger partial charge in [0, 0.05) is 7.05 Å². The first-order chi connectivity index (χ1) is 7.93. The van der Waals surface area contributed by atoms with Gasteiger partial charge in [0.15, 0.2) is 0 Å². The van der Waals surface area contributed by atoms with Crippen LogP contribution in [0, 0.1) is 0 Å². The van der Waals surface area contributed by atoms with E-state index in [1.165, 1.54) is 14.0 Å². The summed E-state index contributed by atoms with van der Waals surface area (Å²) in [6.45, 7) is 1.44. The van der Waals surface area contributed by atoms with Gasteiger partial charge in [0.1, 0.15) is 6.04 Å². The number of aliphatic hydroxyl groups excluding tert-OH is 1. The van der Waals surface area contributed by atoms with Gasteiger partial charge in [-0.1, -0.05) is 12.8 Å². The van der Waals surface area contributed by atoms with E-state index in [2.05, 4.69) is 5.32 Å². The van der Waals surface area contributed by atoms with Crippen molar-refractivity contribution in [3.63, 3.8) is 0 Å². The number of carboxylic acid groups (broad SMARTS) is 1. The van der Waals surface area contributed by atoms with Crippen molar-refractivity contribution in [1.29, 1.82) is 0 Å². The van der Waals surface area contributed by atoms with Crippen LogP contribution >= 0.6 is 0 Å². The van der Waals surface area contributed by atoms with Crippen molar-refractivity contribution >= 4 is 12.0 Å². The lowest BCUT2D eigenvalue weighted by atomic mass is 9.93. The van der Waals surface area contributed by atoms with E-state index >= 15 is 0 Å². The van der Waals surface area contributed by atoms with Gasteiger partial charge in [-0.25, -0.2) is 9.59 Å². The van der Waals surface area contributed by atoms with Crippen molar-refractivity contribution in [1.82, 2.24) is 10.2 Å². The van der Waals surface area contributed by atoms with Crippen LogP contribution in [0.5, 0.6) is 0 Å². The Bertz CT molecular complexity index is 295. The lowest BCUT2D eigenvalue weighted by Gasteiger charge is -2.31. The third-order valence-corrected chi connectivity index (χ3v) is 3.30. The van der Waals surface area contributed by atoms with Gasteiger partial charge >= 0.3 is 12.0 Å². The molecule has 0 aromatic carbocycles. The molecule has 3 unspecified atom stereocenters. The summed E-state index contributed by atoms with van der Waals surface area (Å²) in [5.41, 5.74) is 0. The normalized spacial score (nSPS) is 26.1. The lowest BCUT2D eigenvalue weighted by molar-refractivity contribution is -0.141. The maximum atomic E-state index is 11.7. The molecule has 0 aliphatic heterocycles. The summed E-state index contributed by atoms with van der Waals surface area (Å²) in [6, 6.07) is -1.60. The molecule has 2 amide bonds. The molecule has 0 heterocycles. The van der Waals surface area contributed by atoms with Gasteiger partial charge in [-0.15, -0.1) is 0 Å². The second-order valence-electron chi connectivity index (χ2n) is 4.53. The van der Waals surface area contributed by atoms with Gasteiger partial charge in [0.05, 0.1) is 12.1 Å². The molecule has 0 saturated heterocycles. The Morgan fingerprint density at radius 1 is 1.35 bits per heavy atom. The van der Waals surface area contributed by atoms with Crippen LogP contribution in [-0.4, -0.2) is 52.3 Å². The van der Waals surface area contributed by atoms with Gasteiger partial charge in [-0.05, 0) is 19.8 Å². The number of nitrogens with one attached hydrogen (secondary N) is 1. The smallest absolute Gasteiger partial charge is 0.326 e. The molecule has 6 heteroatoms. The molecule has 98 valence electrons. The van der Waals surface area contributed by atoms with E-state index in [-0.39, 0.29) is 6.04 Å². The van der Waals surface area contributed by atoms with Crippen molar-refractivity contribution < 1.29 is 19.8 Å². The highest BCUT2D eigenvalue weighted by Crippen LogP contribution is 2.18. The molecule has 0 bridgehead atoms. The van der Waals surface area contributed by atoms with Gasteiger partial charge in [-0.2, -0.15) is 0 Å². The second kappa shape index (κ2) is 5.86. The molecule has 17 heavy (non-hydrogen) atoms. The van der Waals surface area contributed by atoms with Gasteiger partial charge in [0.2, 0.25) is 0 Å². The van der Waals surface area contributed by atoms with E-state index in [1.807, 2.05) is 0 Å². The Morgan fingerprint density at radius 3 is 2.47 bits per heavy atom. The van der Waals surface area contributed by atoms with Crippen LogP contribution in [0.25, 0.3) is 0 Å². The minimum absolute atomic E-state index is 0.264.